The molecule has 1 N–H and O–H groups in total. The summed E-state index contributed by atoms with van der Waals surface area (Å²) < 4.78 is 6.96. The molecule has 0 saturated carbocycles. The van der Waals surface area contributed by atoms with Gasteiger partial charge in [-0.05, 0) is 38.7 Å². The lowest BCUT2D eigenvalue weighted by molar-refractivity contribution is -0.121. The highest BCUT2D eigenvalue weighted by Gasteiger charge is 2.08. The minimum absolute atomic E-state index is 0.126. The maximum absolute atomic E-state index is 11.7. The summed E-state index contributed by atoms with van der Waals surface area (Å²) >= 11 is 0. The molecule has 0 radical (unpaired) electrons. The molecular formula is C15H27N3O2. The second-order valence-corrected chi connectivity index (χ2v) is 5.47. The summed E-state index contributed by atoms with van der Waals surface area (Å²) in [5.74, 6) is 0.497. The third-order valence-corrected chi connectivity index (χ3v) is 3.24. The molecule has 1 aromatic rings. The Bertz CT molecular complexity index is 415. The molecule has 1 amide bonds. The Labute approximate surface area is 121 Å². The number of aromatic nitrogens is 2. The molecule has 1 rings (SSSR count). The minimum Gasteiger partial charge on any atom is -0.385 e. The highest BCUT2D eigenvalue weighted by molar-refractivity contribution is 5.75. The standard InChI is InChI=1S/C15H27N3O2/c1-12(11-18-14(3)9-13(2)17-18)10-16-15(19)7-5-6-8-20-4/h9,12H,5-8,10-11H2,1-4H3,(H,16,19). The fourth-order valence-corrected chi connectivity index (χ4v) is 2.13. The largest absolute Gasteiger partial charge is 0.385 e. The first-order valence-corrected chi connectivity index (χ1v) is 7.29. The fraction of sp³-hybridized carbons (Fsp3) is 0.733. The van der Waals surface area contributed by atoms with E-state index in [1.807, 2.05) is 11.6 Å². The number of aryl methyl sites for hydroxylation is 2. The van der Waals surface area contributed by atoms with Gasteiger partial charge in [0.2, 0.25) is 5.91 Å². The molecule has 0 fully saturated rings. The topological polar surface area (TPSA) is 56.1 Å². The van der Waals surface area contributed by atoms with Gasteiger partial charge in [-0.1, -0.05) is 6.92 Å². The molecule has 114 valence electrons. The van der Waals surface area contributed by atoms with Crippen molar-refractivity contribution >= 4 is 5.91 Å². The molecule has 5 nitrogen and oxygen atoms in total. The lowest BCUT2D eigenvalue weighted by atomic mass is 10.1. The van der Waals surface area contributed by atoms with Crippen LogP contribution in [0.1, 0.15) is 37.6 Å². The van der Waals surface area contributed by atoms with Gasteiger partial charge in [-0.2, -0.15) is 5.10 Å². The van der Waals surface area contributed by atoms with Crippen molar-refractivity contribution in [1.82, 2.24) is 15.1 Å². The predicted octanol–water partition coefficient (Wildman–Crippen LogP) is 2.07. The molecule has 0 bridgehead atoms. The number of unbranched alkanes of at least 4 members (excludes halogenated alkanes) is 1. The number of hydrogen-bond donors (Lipinski definition) is 1. The van der Waals surface area contributed by atoms with Gasteiger partial charge in [-0.25, -0.2) is 0 Å². The molecule has 1 unspecified atom stereocenters. The van der Waals surface area contributed by atoms with Gasteiger partial charge in [-0.15, -0.1) is 0 Å². The van der Waals surface area contributed by atoms with E-state index >= 15 is 0 Å². The average Bonchev–Trinajstić information content (AvgIpc) is 2.70. The number of hydrogen-bond acceptors (Lipinski definition) is 3. The summed E-state index contributed by atoms with van der Waals surface area (Å²) in [7, 11) is 1.68. The van der Waals surface area contributed by atoms with Gasteiger partial charge in [0.25, 0.3) is 0 Å². The Hall–Kier alpha value is -1.36. The zero-order valence-electron chi connectivity index (χ0n) is 13.1. The van der Waals surface area contributed by atoms with E-state index in [4.69, 9.17) is 4.74 Å². The average molecular weight is 281 g/mol. The molecule has 0 aliphatic heterocycles. The van der Waals surface area contributed by atoms with Gasteiger partial charge in [0.05, 0.1) is 5.69 Å². The Morgan fingerprint density at radius 1 is 1.45 bits per heavy atom. The molecular weight excluding hydrogens is 254 g/mol. The summed E-state index contributed by atoms with van der Waals surface area (Å²) in [6.45, 7) is 8.44. The number of carbonyl (C=O) groups excluding carboxylic acids is 1. The Kier molecular flexibility index (Phi) is 7.30. The quantitative estimate of drug-likeness (QED) is 0.705. The number of ether oxygens (including phenoxy) is 1. The van der Waals surface area contributed by atoms with E-state index in [0.717, 1.165) is 31.7 Å². The predicted molar refractivity (Wildman–Crippen MR) is 79.6 cm³/mol. The highest BCUT2D eigenvalue weighted by atomic mass is 16.5. The van der Waals surface area contributed by atoms with Crippen LogP contribution in [0.5, 0.6) is 0 Å². The van der Waals surface area contributed by atoms with Gasteiger partial charge in [0, 0.05) is 38.9 Å². The number of carbonyl (C=O) groups is 1. The van der Waals surface area contributed by atoms with Crippen molar-refractivity contribution in [3.8, 4) is 0 Å². The van der Waals surface area contributed by atoms with Crippen molar-refractivity contribution in [1.29, 1.82) is 0 Å². The molecule has 1 aromatic heterocycles. The van der Waals surface area contributed by atoms with Crippen molar-refractivity contribution in [2.75, 3.05) is 20.3 Å². The van der Waals surface area contributed by atoms with Crippen LogP contribution in [0.15, 0.2) is 6.07 Å². The monoisotopic (exact) mass is 281 g/mol. The third kappa shape index (κ3) is 6.19. The minimum atomic E-state index is 0.126. The molecule has 0 aliphatic rings. The van der Waals surface area contributed by atoms with Crippen LogP contribution in [0.3, 0.4) is 0 Å². The maximum Gasteiger partial charge on any atom is 0.220 e. The number of amides is 1. The van der Waals surface area contributed by atoms with Crippen molar-refractivity contribution in [3.05, 3.63) is 17.5 Å². The molecule has 1 heterocycles. The lowest BCUT2D eigenvalue weighted by Crippen LogP contribution is -2.30. The first kappa shape index (κ1) is 16.7. The zero-order chi connectivity index (χ0) is 15.0. The van der Waals surface area contributed by atoms with E-state index in [1.165, 1.54) is 5.69 Å². The number of nitrogens with zero attached hydrogens (tertiary/aromatic N) is 2. The highest BCUT2D eigenvalue weighted by Crippen LogP contribution is 2.06. The second-order valence-electron chi connectivity index (χ2n) is 5.47. The number of rotatable bonds is 9. The van der Waals surface area contributed by atoms with E-state index in [0.29, 0.717) is 18.9 Å². The van der Waals surface area contributed by atoms with Crippen LogP contribution < -0.4 is 5.32 Å². The van der Waals surface area contributed by atoms with E-state index in [-0.39, 0.29) is 5.91 Å². The molecule has 0 saturated heterocycles. The fourth-order valence-electron chi connectivity index (χ4n) is 2.13. The first-order chi connectivity index (χ1) is 9.52. The molecule has 5 heteroatoms. The van der Waals surface area contributed by atoms with E-state index in [2.05, 4.69) is 30.3 Å². The number of nitrogens with one attached hydrogen (secondary N) is 1. The van der Waals surface area contributed by atoms with Gasteiger partial charge < -0.3 is 10.1 Å². The number of methoxy groups -OCH3 is 1. The van der Waals surface area contributed by atoms with E-state index < -0.39 is 0 Å². The van der Waals surface area contributed by atoms with Crippen molar-refractivity contribution < 1.29 is 9.53 Å². The zero-order valence-corrected chi connectivity index (χ0v) is 13.1. The van der Waals surface area contributed by atoms with Gasteiger partial charge >= 0.3 is 0 Å². The molecule has 0 spiro atoms. The summed E-state index contributed by atoms with van der Waals surface area (Å²) in [6.07, 6.45) is 2.40. The smallest absolute Gasteiger partial charge is 0.220 e. The summed E-state index contributed by atoms with van der Waals surface area (Å²) in [5, 5.41) is 7.42. The SMILES string of the molecule is COCCCCC(=O)NCC(C)Cn1nc(C)cc1C. The van der Waals surface area contributed by atoms with Gasteiger partial charge in [0.1, 0.15) is 0 Å². The van der Waals surface area contributed by atoms with Crippen LogP contribution in [-0.2, 0) is 16.1 Å². The van der Waals surface area contributed by atoms with Crippen molar-refractivity contribution in [2.45, 2.75) is 46.6 Å². The van der Waals surface area contributed by atoms with E-state index in [1.54, 1.807) is 7.11 Å². The lowest BCUT2D eigenvalue weighted by Gasteiger charge is -2.14. The van der Waals surface area contributed by atoms with Gasteiger partial charge in [0.15, 0.2) is 0 Å². The molecule has 0 aliphatic carbocycles. The molecule has 20 heavy (non-hydrogen) atoms. The molecule has 0 aromatic carbocycles. The van der Waals surface area contributed by atoms with Crippen LogP contribution in [0.25, 0.3) is 0 Å². The van der Waals surface area contributed by atoms with Crippen LogP contribution in [0.2, 0.25) is 0 Å². The molecule has 1 atom stereocenters. The van der Waals surface area contributed by atoms with Gasteiger partial charge in [-0.3, -0.25) is 9.48 Å². The summed E-state index contributed by atoms with van der Waals surface area (Å²) in [4.78, 5) is 11.7. The van der Waals surface area contributed by atoms with Crippen molar-refractivity contribution in [2.24, 2.45) is 5.92 Å². The Morgan fingerprint density at radius 2 is 2.20 bits per heavy atom. The van der Waals surface area contributed by atoms with Crippen molar-refractivity contribution in [3.63, 3.8) is 0 Å². The van der Waals surface area contributed by atoms with Crippen LogP contribution >= 0.6 is 0 Å². The summed E-state index contributed by atoms with van der Waals surface area (Å²) in [6, 6.07) is 2.07. The first-order valence-electron chi connectivity index (χ1n) is 7.29. The van der Waals surface area contributed by atoms with E-state index in [9.17, 15) is 4.79 Å². The summed E-state index contributed by atoms with van der Waals surface area (Å²) in [5.41, 5.74) is 2.21. The normalized spacial score (nSPS) is 12.4. The maximum atomic E-state index is 11.7. The van der Waals surface area contributed by atoms with Crippen LogP contribution in [-0.4, -0.2) is 35.9 Å². The Balaban J connectivity index is 2.21. The van der Waals surface area contributed by atoms with Crippen LogP contribution in [0, 0.1) is 19.8 Å². The third-order valence-electron chi connectivity index (χ3n) is 3.24. The second kappa shape index (κ2) is 8.74. The van der Waals surface area contributed by atoms with Crippen LogP contribution in [0.4, 0.5) is 0 Å². The Morgan fingerprint density at radius 3 is 2.80 bits per heavy atom.